The van der Waals surface area contributed by atoms with Crippen molar-refractivity contribution in [3.05, 3.63) is 48.3 Å². The zero-order valence-corrected chi connectivity index (χ0v) is 22.5. The Morgan fingerprint density at radius 3 is 2.89 bits per heavy atom. The number of amidine groups is 1. The SMILES string of the molecule is C=NC(=N/C=C(\C)c1cc(-c2ccccn2)c2sc(NC(=O)NCC)nc2c1)[C@@H](C)OC(=O)[C@@H]1CCCN1. The first-order chi connectivity index (χ1) is 18.4. The zero-order chi connectivity index (χ0) is 27.1. The maximum absolute atomic E-state index is 12.4. The number of hydrogen-bond donors (Lipinski definition) is 3. The number of rotatable bonds is 8. The Balaban J connectivity index is 1.64. The van der Waals surface area contributed by atoms with Crippen molar-refractivity contribution < 1.29 is 14.3 Å². The molecule has 0 spiro atoms. The van der Waals surface area contributed by atoms with Gasteiger partial charge in [-0.3, -0.25) is 15.1 Å². The van der Waals surface area contributed by atoms with Crippen molar-refractivity contribution in [2.24, 2.45) is 9.98 Å². The third-order valence-electron chi connectivity index (χ3n) is 6.00. The Morgan fingerprint density at radius 2 is 2.21 bits per heavy atom. The van der Waals surface area contributed by atoms with Gasteiger partial charge in [-0.25, -0.2) is 19.8 Å². The van der Waals surface area contributed by atoms with Gasteiger partial charge in [-0.2, -0.15) is 0 Å². The summed E-state index contributed by atoms with van der Waals surface area (Å²) in [5.41, 5.74) is 4.13. The first-order valence-corrected chi connectivity index (χ1v) is 13.3. The van der Waals surface area contributed by atoms with Crippen LogP contribution in [0.25, 0.3) is 27.0 Å². The van der Waals surface area contributed by atoms with Gasteiger partial charge in [0, 0.05) is 24.5 Å². The largest absolute Gasteiger partial charge is 0.453 e. The van der Waals surface area contributed by atoms with Crippen LogP contribution >= 0.6 is 11.3 Å². The molecule has 0 aliphatic carbocycles. The van der Waals surface area contributed by atoms with Gasteiger partial charge in [-0.1, -0.05) is 17.4 Å². The number of hydrogen-bond acceptors (Lipinski definition) is 8. The number of nitrogens with zero attached hydrogens (tertiary/aromatic N) is 4. The summed E-state index contributed by atoms with van der Waals surface area (Å²) in [5.74, 6) is 0.00174. The van der Waals surface area contributed by atoms with Gasteiger partial charge < -0.3 is 15.4 Å². The van der Waals surface area contributed by atoms with E-state index in [2.05, 4.69) is 42.6 Å². The Bertz CT molecular complexity index is 1380. The quantitative estimate of drug-likeness (QED) is 0.220. The number of fused-ring (bicyclic) bond motifs is 1. The van der Waals surface area contributed by atoms with Crippen LogP contribution in [-0.4, -0.2) is 59.8 Å². The molecule has 1 saturated heterocycles. The van der Waals surface area contributed by atoms with E-state index in [0.29, 0.717) is 17.5 Å². The Kier molecular flexibility index (Phi) is 8.93. The summed E-state index contributed by atoms with van der Waals surface area (Å²) in [4.78, 5) is 42.1. The lowest BCUT2D eigenvalue weighted by atomic mass is 10.0. The maximum Gasteiger partial charge on any atom is 0.323 e. The molecule has 0 bridgehead atoms. The molecule has 3 heterocycles. The van der Waals surface area contributed by atoms with E-state index < -0.39 is 6.10 Å². The van der Waals surface area contributed by atoms with Crippen molar-refractivity contribution >= 4 is 56.8 Å². The minimum atomic E-state index is -0.639. The predicted octanol–water partition coefficient (Wildman–Crippen LogP) is 4.64. The summed E-state index contributed by atoms with van der Waals surface area (Å²) >= 11 is 1.39. The van der Waals surface area contributed by atoms with Gasteiger partial charge in [0.15, 0.2) is 17.1 Å². The number of anilines is 1. The minimum absolute atomic E-state index is 0.289. The second-order valence-corrected chi connectivity index (χ2v) is 9.78. The molecular weight excluding hydrogens is 502 g/mol. The standard InChI is InChI=1S/C27H31N7O3S/c1-5-29-26(36)34-27-33-22-14-18(13-19(23(22)38-27)20-9-6-7-11-30-20)16(2)15-32-24(28-4)17(3)37-25(35)21-10-8-12-31-21/h6-7,9,11,13-15,17,21,31H,4-5,8,10,12H2,1-3H3,(H2,29,33,34,36)/b16-15+,32-24?/t17-,21+/m1/s1. The van der Waals surface area contributed by atoms with Crippen molar-refractivity contribution in [1.82, 2.24) is 20.6 Å². The lowest BCUT2D eigenvalue weighted by molar-refractivity contribution is -0.147. The van der Waals surface area contributed by atoms with Crippen LogP contribution in [0.4, 0.5) is 9.93 Å². The molecule has 1 aromatic carbocycles. The molecule has 38 heavy (non-hydrogen) atoms. The van der Waals surface area contributed by atoms with E-state index >= 15 is 0 Å². The van der Waals surface area contributed by atoms with E-state index in [4.69, 9.17) is 4.74 Å². The topological polar surface area (TPSA) is 130 Å². The molecule has 2 aromatic heterocycles. The maximum atomic E-state index is 12.4. The molecule has 1 fully saturated rings. The highest BCUT2D eigenvalue weighted by Crippen LogP contribution is 2.37. The number of benzene rings is 1. The fourth-order valence-corrected chi connectivity index (χ4v) is 5.00. The lowest BCUT2D eigenvalue weighted by Gasteiger charge is -2.15. The Labute approximate surface area is 225 Å². The van der Waals surface area contributed by atoms with E-state index in [0.717, 1.165) is 52.0 Å². The number of thiazole rings is 1. The van der Waals surface area contributed by atoms with Crippen molar-refractivity contribution in [3.63, 3.8) is 0 Å². The van der Waals surface area contributed by atoms with E-state index in [1.807, 2.05) is 44.2 Å². The summed E-state index contributed by atoms with van der Waals surface area (Å²) in [6.45, 7) is 10.4. The van der Waals surface area contributed by atoms with Crippen LogP contribution in [0.3, 0.4) is 0 Å². The highest BCUT2D eigenvalue weighted by Gasteiger charge is 2.26. The first kappa shape index (κ1) is 27.1. The summed E-state index contributed by atoms with van der Waals surface area (Å²) in [7, 11) is 0. The highest BCUT2D eigenvalue weighted by atomic mass is 32.1. The molecule has 3 N–H and O–H groups in total. The molecule has 10 nitrogen and oxygen atoms in total. The van der Waals surface area contributed by atoms with Crippen LogP contribution < -0.4 is 16.0 Å². The van der Waals surface area contributed by atoms with E-state index in [1.54, 1.807) is 19.3 Å². The average molecular weight is 534 g/mol. The number of pyridine rings is 1. The molecular formula is C27H31N7O3S. The van der Waals surface area contributed by atoms with E-state index in [-0.39, 0.29) is 18.0 Å². The number of urea groups is 1. The molecule has 11 heteroatoms. The van der Waals surface area contributed by atoms with Crippen LogP contribution in [0, 0.1) is 0 Å². The predicted molar refractivity (Wildman–Crippen MR) is 153 cm³/mol. The number of carbonyl (C=O) groups excluding carboxylic acids is 2. The number of aromatic nitrogens is 2. The van der Waals surface area contributed by atoms with Crippen molar-refractivity contribution in [2.45, 2.75) is 45.8 Å². The second kappa shape index (κ2) is 12.5. The molecule has 4 rings (SSSR count). The van der Waals surface area contributed by atoms with Gasteiger partial charge in [0.2, 0.25) is 0 Å². The third kappa shape index (κ3) is 6.48. The fraction of sp³-hybridized carbons (Fsp3) is 0.333. The molecule has 2 amide bonds. The molecule has 2 atom stereocenters. The molecule has 198 valence electrons. The summed E-state index contributed by atoms with van der Waals surface area (Å²) in [6.07, 6.45) is 4.48. The number of aliphatic imine (C=N–C) groups is 2. The van der Waals surface area contributed by atoms with Crippen molar-refractivity contribution in [3.8, 4) is 11.3 Å². The van der Waals surface area contributed by atoms with Crippen LogP contribution in [0.15, 0.2) is 52.7 Å². The smallest absolute Gasteiger partial charge is 0.323 e. The second-order valence-electron chi connectivity index (χ2n) is 8.78. The number of ether oxygens (including phenoxy) is 1. The lowest BCUT2D eigenvalue weighted by Crippen LogP contribution is -2.36. The zero-order valence-electron chi connectivity index (χ0n) is 21.7. The number of nitrogens with one attached hydrogen (secondary N) is 3. The van der Waals surface area contributed by atoms with E-state index in [1.165, 1.54) is 11.3 Å². The normalized spacial score (nSPS) is 16.8. The van der Waals surface area contributed by atoms with Gasteiger partial charge in [0.25, 0.3) is 0 Å². The monoisotopic (exact) mass is 533 g/mol. The van der Waals surface area contributed by atoms with E-state index in [9.17, 15) is 9.59 Å². The number of allylic oxidation sites excluding steroid dienone is 1. The molecule has 0 unspecified atom stereocenters. The molecule has 0 saturated carbocycles. The number of amides is 2. The average Bonchev–Trinajstić information content (AvgIpc) is 3.59. The highest BCUT2D eigenvalue weighted by molar-refractivity contribution is 7.22. The molecule has 0 radical (unpaired) electrons. The molecule has 1 aliphatic rings. The van der Waals surface area contributed by atoms with Crippen molar-refractivity contribution in [1.29, 1.82) is 0 Å². The molecule has 3 aromatic rings. The number of carbonyl (C=O) groups is 2. The van der Waals surface area contributed by atoms with Gasteiger partial charge in [0.1, 0.15) is 6.04 Å². The molecule has 1 aliphatic heterocycles. The Hall–Kier alpha value is -3.96. The Morgan fingerprint density at radius 1 is 1.37 bits per heavy atom. The van der Waals surface area contributed by atoms with Crippen LogP contribution in [0.5, 0.6) is 0 Å². The van der Waals surface area contributed by atoms with Gasteiger partial charge in [-0.15, -0.1) is 0 Å². The van der Waals surface area contributed by atoms with Crippen LogP contribution in [-0.2, 0) is 9.53 Å². The first-order valence-electron chi connectivity index (χ1n) is 12.5. The summed E-state index contributed by atoms with van der Waals surface area (Å²) in [5, 5.41) is 9.13. The van der Waals surface area contributed by atoms with Crippen LogP contribution in [0.1, 0.15) is 39.2 Å². The number of esters is 1. The van der Waals surface area contributed by atoms with Gasteiger partial charge >= 0.3 is 12.0 Å². The van der Waals surface area contributed by atoms with Gasteiger partial charge in [-0.05, 0) is 82.3 Å². The van der Waals surface area contributed by atoms with Gasteiger partial charge in [0.05, 0.1) is 15.9 Å². The van der Waals surface area contributed by atoms with Crippen molar-refractivity contribution in [2.75, 3.05) is 18.4 Å². The minimum Gasteiger partial charge on any atom is -0.453 e. The third-order valence-corrected chi connectivity index (χ3v) is 7.02. The summed E-state index contributed by atoms with van der Waals surface area (Å²) < 4.78 is 6.47. The summed E-state index contributed by atoms with van der Waals surface area (Å²) in [6, 6.07) is 9.09. The van der Waals surface area contributed by atoms with Crippen LogP contribution in [0.2, 0.25) is 0 Å². The fourth-order valence-electron chi connectivity index (χ4n) is 4.03.